The van der Waals surface area contributed by atoms with E-state index in [1.165, 1.54) is 19.3 Å². The monoisotopic (exact) mass is 208 g/mol. The topological polar surface area (TPSA) is 9.23 Å². The fourth-order valence-electron chi connectivity index (χ4n) is 0.666. The van der Waals surface area contributed by atoms with E-state index in [1.54, 1.807) is 0 Å². The zero-order valence-corrected chi connectivity index (χ0v) is 8.49. The quantitative estimate of drug-likeness (QED) is 0.481. The first-order chi connectivity index (χ1) is 4.81. The van der Waals surface area contributed by atoms with Crippen molar-refractivity contribution in [3.05, 3.63) is 0 Å². The van der Waals surface area contributed by atoms with Crippen molar-refractivity contribution in [1.29, 1.82) is 0 Å². The summed E-state index contributed by atoms with van der Waals surface area (Å²) in [7, 11) is 0. The van der Waals surface area contributed by atoms with Crippen LogP contribution in [0.4, 0.5) is 0 Å². The van der Waals surface area contributed by atoms with Crippen LogP contribution in [-0.4, -0.2) is 11.6 Å². The van der Waals surface area contributed by atoms with E-state index in [0.29, 0.717) is 0 Å². The Morgan fingerprint density at radius 2 is 2.00 bits per heavy atom. The van der Waals surface area contributed by atoms with E-state index < -0.39 is 0 Å². The molecule has 0 aliphatic carbocycles. The highest BCUT2D eigenvalue weighted by Gasteiger charge is 1.99. The van der Waals surface area contributed by atoms with Gasteiger partial charge in [0.2, 0.25) is 0 Å². The summed E-state index contributed by atoms with van der Waals surface area (Å²) in [4.78, 5) is 0. The Bertz CT molecular complexity index is 66.3. The van der Waals surface area contributed by atoms with Gasteiger partial charge in [0.25, 0.3) is 0 Å². The van der Waals surface area contributed by atoms with E-state index in [2.05, 4.69) is 29.8 Å². The summed E-state index contributed by atoms with van der Waals surface area (Å²) in [6.45, 7) is 5.23. The second-order valence-corrected chi connectivity index (χ2v) is 3.44. The third-order valence-electron chi connectivity index (χ3n) is 1.31. The molecule has 1 atom stereocenters. The van der Waals surface area contributed by atoms with Crippen molar-refractivity contribution in [3.8, 4) is 0 Å². The first kappa shape index (κ1) is 10.4. The average Bonchev–Trinajstić information content (AvgIpc) is 1.89. The number of hydrogen-bond acceptors (Lipinski definition) is 1. The summed E-state index contributed by atoms with van der Waals surface area (Å²) in [6.07, 6.45) is 4.68. The zero-order valence-electron chi connectivity index (χ0n) is 6.90. The van der Waals surface area contributed by atoms with Crippen LogP contribution < -0.4 is 0 Å². The third kappa shape index (κ3) is 6.56. The van der Waals surface area contributed by atoms with Crippen LogP contribution in [0.1, 0.15) is 39.5 Å². The molecule has 0 aliphatic rings. The Balaban J connectivity index is 2.97. The second kappa shape index (κ2) is 7.55. The van der Waals surface area contributed by atoms with Gasteiger partial charge in [-0.3, -0.25) is 0 Å². The predicted octanol–water partition coefficient (Wildman–Crippen LogP) is 3.32. The Morgan fingerprint density at radius 3 is 2.50 bits per heavy atom. The molecule has 0 aromatic heterocycles. The van der Waals surface area contributed by atoms with Crippen molar-refractivity contribution in [3.63, 3.8) is 0 Å². The van der Waals surface area contributed by atoms with Gasteiger partial charge in [0.15, 0.2) is 0 Å². The van der Waals surface area contributed by atoms with E-state index in [4.69, 9.17) is 4.74 Å². The van der Waals surface area contributed by atoms with Crippen LogP contribution in [0.2, 0.25) is 0 Å². The molecule has 0 aromatic rings. The molecule has 0 N–H and O–H groups in total. The summed E-state index contributed by atoms with van der Waals surface area (Å²) in [5, 5.41) is 0.282. The number of unbranched alkanes of at least 4 members (excludes halogenated alkanes) is 1. The minimum absolute atomic E-state index is 0.282. The summed E-state index contributed by atoms with van der Waals surface area (Å²) in [5.74, 6) is 0. The molecule has 1 unspecified atom stereocenters. The molecule has 2 heteroatoms. The highest BCUT2D eigenvalue weighted by Crippen LogP contribution is 2.09. The highest BCUT2D eigenvalue weighted by atomic mass is 79.9. The Labute approximate surface area is 72.3 Å². The van der Waals surface area contributed by atoms with Gasteiger partial charge in [-0.2, -0.15) is 0 Å². The van der Waals surface area contributed by atoms with Gasteiger partial charge < -0.3 is 4.74 Å². The van der Waals surface area contributed by atoms with Crippen molar-refractivity contribution >= 4 is 15.9 Å². The van der Waals surface area contributed by atoms with Crippen LogP contribution in [0.15, 0.2) is 0 Å². The van der Waals surface area contributed by atoms with Gasteiger partial charge in [-0.15, -0.1) is 0 Å². The molecule has 0 saturated heterocycles. The van der Waals surface area contributed by atoms with Gasteiger partial charge in [0.05, 0.1) is 0 Å². The van der Waals surface area contributed by atoms with Crippen LogP contribution >= 0.6 is 15.9 Å². The summed E-state index contributed by atoms with van der Waals surface area (Å²) in [5.41, 5.74) is 0. The molecule has 0 saturated carbocycles. The fourth-order valence-corrected chi connectivity index (χ4v) is 1.31. The molecule has 0 radical (unpaired) electrons. The molecular formula is C8H17BrO. The molecule has 0 spiro atoms. The van der Waals surface area contributed by atoms with E-state index >= 15 is 0 Å². The Hall–Kier alpha value is 0.440. The lowest BCUT2D eigenvalue weighted by atomic mass is 10.3. The first-order valence-corrected chi connectivity index (χ1v) is 4.98. The maximum atomic E-state index is 5.44. The lowest BCUT2D eigenvalue weighted by molar-refractivity contribution is 0.108. The number of alkyl halides is 1. The van der Waals surface area contributed by atoms with Crippen LogP contribution in [0, 0.1) is 0 Å². The van der Waals surface area contributed by atoms with Gasteiger partial charge in [0.1, 0.15) is 5.01 Å². The number of halogens is 1. The zero-order chi connectivity index (χ0) is 7.82. The summed E-state index contributed by atoms with van der Waals surface area (Å²) in [6, 6.07) is 0. The van der Waals surface area contributed by atoms with E-state index in [-0.39, 0.29) is 5.01 Å². The first-order valence-electron chi connectivity index (χ1n) is 4.07. The molecule has 0 fully saturated rings. The van der Waals surface area contributed by atoms with E-state index in [9.17, 15) is 0 Å². The minimum atomic E-state index is 0.282. The minimum Gasteiger partial charge on any atom is -0.367 e. The van der Waals surface area contributed by atoms with Crippen LogP contribution in [-0.2, 0) is 4.74 Å². The van der Waals surface area contributed by atoms with Gasteiger partial charge in [-0.05, 0) is 12.8 Å². The normalized spacial score (nSPS) is 13.5. The number of ether oxygens (including phenoxy) is 1. The molecule has 62 valence electrons. The molecule has 0 amide bonds. The van der Waals surface area contributed by atoms with E-state index in [0.717, 1.165) is 13.0 Å². The maximum absolute atomic E-state index is 5.44. The molecule has 0 aromatic carbocycles. The van der Waals surface area contributed by atoms with Crippen molar-refractivity contribution in [2.45, 2.75) is 44.5 Å². The third-order valence-corrected chi connectivity index (χ3v) is 2.03. The summed E-state index contributed by atoms with van der Waals surface area (Å²) >= 11 is 3.45. The standard InChI is InChI=1S/C8H17BrO/c1-3-5-7-10-8(9)6-4-2/h8H,3-7H2,1-2H3. The van der Waals surface area contributed by atoms with Crippen LogP contribution in [0.25, 0.3) is 0 Å². The number of rotatable bonds is 6. The molecule has 0 aliphatic heterocycles. The largest absolute Gasteiger partial charge is 0.367 e. The SMILES string of the molecule is CCCCOC(Br)CCC. The molecule has 10 heavy (non-hydrogen) atoms. The molecular weight excluding hydrogens is 192 g/mol. The van der Waals surface area contributed by atoms with Crippen LogP contribution in [0.3, 0.4) is 0 Å². The maximum Gasteiger partial charge on any atom is 0.112 e. The summed E-state index contributed by atoms with van der Waals surface area (Å²) < 4.78 is 5.44. The van der Waals surface area contributed by atoms with Gasteiger partial charge in [-0.1, -0.05) is 42.6 Å². The Morgan fingerprint density at radius 1 is 1.30 bits per heavy atom. The number of hydrogen-bond donors (Lipinski definition) is 0. The van der Waals surface area contributed by atoms with Crippen molar-refractivity contribution in [2.75, 3.05) is 6.61 Å². The van der Waals surface area contributed by atoms with Gasteiger partial charge >= 0.3 is 0 Å². The molecule has 0 rings (SSSR count). The van der Waals surface area contributed by atoms with Crippen molar-refractivity contribution in [1.82, 2.24) is 0 Å². The lowest BCUT2D eigenvalue weighted by Gasteiger charge is -2.08. The lowest BCUT2D eigenvalue weighted by Crippen LogP contribution is -2.04. The van der Waals surface area contributed by atoms with Gasteiger partial charge in [0, 0.05) is 6.61 Å². The molecule has 0 bridgehead atoms. The predicted molar refractivity (Wildman–Crippen MR) is 48.5 cm³/mol. The van der Waals surface area contributed by atoms with Gasteiger partial charge in [-0.25, -0.2) is 0 Å². The smallest absolute Gasteiger partial charge is 0.112 e. The molecule has 1 nitrogen and oxygen atoms in total. The fraction of sp³-hybridized carbons (Fsp3) is 1.00. The molecule has 0 heterocycles. The van der Waals surface area contributed by atoms with Crippen molar-refractivity contribution < 1.29 is 4.74 Å². The van der Waals surface area contributed by atoms with E-state index in [1.807, 2.05) is 0 Å². The second-order valence-electron chi connectivity index (χ2n) is 2.42. The van der Waals surface area contributed by atoms with Crippen molar-refractivity contribution in [2.24, 2.45) is 0 Å². The Kier molecular flexibility index (Phi) is 7.88. The average molecular weight is 209 g/mol. The van der Waals surface area contributed by atoms with Crippen LogP contribution in [0.5, 0.6) is 0 Å². The highest BCUT2D eigenvalue weighted by molar-refractivity contribution is 9.09.